The van der Waals surface area contributed by atoms with Crippen LogP contribution in [-0.2, 0) is 4.74 Å². The number of hydrogen-bond donors (Lipinski definition) is 0. The van der Waals surface area contributed by atoms with Crippen LogP contribution in [0.2, 0.25) is 0 Å². The molecular formula is C7H11NO. The van der Waals surface area contributed by atoms with Crippen LogP contribution in [0.1, 0.15) is 6.92 Å². The van der Waals surface area contributed by atoms with Crippen LogP contribution in [-0.4, -0.2) is 13.8 Å². The van der Waals surface area contributed by atoms with Crippen molar-refractivity contribution in [3.05, 3.63) is 24.1 Å². The van der Waals surface area contributed by atoms with Crippen molar-refractivity contribution in [3.63, 3.8) is 0 Å². The summed E-state index contributed by atoms with van der Waals surface area (Å²) in [6.45, 7) is 8.73. The predicted molar refractivity (Wildman–Crippen MR) is 39.5 cm³/mol. The molecule has 2 heteroatoms. The first-order valence-electron chi connectivity index (χ1n) is 2.60. The summed E-state index contributed by atoms with van der Waals surface area (Å²) in [6, 6.07) is 0. The van der Waals surface area contributed by atoms with E-state index in [-0.39, 0.29) is 0 Å². The number of ether oxygens (including phenoxy) is 1. The number of rotatable bonds is 3. The van der Waals surface area contributed by atoms with Gasteiger partial charge in [0.2, 0.25) is 5.88 Å². The number of aliphatic imine (C=N–C) groups is 1. The minimum atomic E-state index is 0.532. The van der Waals surface area contributed by atoms with Crippen molar-refractivity contribution in [2.45, 2.75) is 6.92 Å². The van der Waals surface area contributed by atoms with Gasteiger partial charge in [-0.05, 0) is 13.6 Å². The molecule has 0 saturated heterocycles. The fourth-order valence-corrected chi connectivity index (χ4v) is 0.438. The molecule has 0 rings (SSSR count). The van der Waals surface area contributed by atoms with Gasteiger partial charge in [0.15, 0.2) is 0 Å². The topological polar surface area (TPSA) is 21.6 Å². The molecule has 0 spiro atoms. The molecule has 0 saturated carbocycles. The molecule has 2 nitrogen and oxygen atoms in total. The van der Waals surface area contributed by atoms with E-state index in [9.17, 15) is 0 Å². The third kappa shape index (κ3) is 2.13. The first-order valence-corrected chi connectivity index (χ1v) is 2.60. The minimum absolute atomic E-state index is 0.532. The third-order valence-corrected chi connectivity index (χ3v) is 0.980. The van der Waals surface area contributed by atoms with Gasteiger partial charge in [-0.15, -0.1) is 0 Å². The maximum atomic E-state index is 4.83. The molecule has 0 fully saturated rings. The highest BCUT2D eigenvalue weighted by molar-refractivity contribution is 5.30. The lowest BCUT2D eigenvalue weighted by molar-refractivity contribution is 0.286. The van der Waals surface area contributed by atoms with E-state index < -0.39 is 0 Å². The van der Waals surface area contributed by atoms with E-state index in [0.717, 1.165) is 5.57 Å². The summed E-state index contributed by atoms with van der Waals surface area (Å²) in [6.07, 6.45) is 1.67. The first-order chi connectivity index (χ1) is 4.26. The zero-order valence-corrected chi connectivity index (χ0v) is 5.85. The highest BCUT2D eigenvalue weighted by Gasteiger charge is 1.91. The van der Waals surface area contributed by atoms with Gasteiger partial charge in [-0.1, -0.05) is 12.7 Å². The number of hydrogen-bond acceptors (Lipinski definition) is 2. The lowest BCUT2D eigenvalue weighted by Gasteiger charge is -1.99. The van der Waals surface area contributed by atoms with Crippen molar-refractivity contribution in [3.8, 4) is 0 Å². The Morgan fingerprint density at radius 3 is 2.33 bits per heavy atom. The van der Waals surface area contributed by atoms with Crippen LogP contribution in [0.25, 0.3) is 0 Å². The summed E-state index contributed by atoms with van der Waals surface area (Å²) < 4.78 is 4.83. The molecule has 0 aromatic carbocycles. The van der Waals surface area contributed by atoms with E-state index in [1.165, 1.54) is 0 Å². The van der Waals surface area contributed by atoms with E-state index >= 15 is 0 Å². The van der Waals surface area contributed by atoms with Crippen molar-refractivity contribution in [2.24, 2.45) is 4.99 Å². The smallest absolute Gasteiger partial charge is 0.215 e. The Bertz CT molecular complexity index is 147. The van der Waals surface area contributed by atoms with Crippen LogP contribution < -0.4 is 0 Å². The van der Waals surface area contributed by atoms with Crippen molar-refractivity contribution in [1.29, 1.82) is 0 Å². The molecule has 0 unspecified atom stereocenters. The summed E-state index contributed by atoms with van der Waals surface area (Å²) in [5, 5.41) is 0. The summed E-state index contributed by atoms with van der Waals surface area (Å²) in [4.78, 5) is 3.61. The second-order valence-electron chi connectivity index (χ2n) is 1.55. The van der Waals surface area contributed by atoms with Gasteiger partial charge in [-0.2, -0.15) is 0 Å². The SMILES string of the molecule is C=CC(C)=C(N=C)OC. The molecule has 0 atom stereocenters. The highest BCUT2D eigenvalue weighted by Crippen LogP contribution is 2.04. The highest BCUT2D eigenvalue weighted by atomic mass is 16.5. The summed E-state index contributed by atoms with van der Waals surface area (Å²) in [7, 11) is 1.55. The van der Waals surface area contributed by atoms with E-state index in [2.05, 4.69) is 18.3 Å². The maximum Gasteiger partial charge on any atom is 0.215 e. The molecule has 0 amide bonds. The van der Waals surface area contributed by atoms with Crippen molar-refractivity contribution in [2.75, 3.05) is 7.11 Å². The van der Waals surface area contributed by atoms with Gasteiger partial charge in [-0.25, -0.2) is 4.99 Å². The molecule has 9 heavy (non-hydrogen) atoms. The normalized spacial score (nSPS) is 11.8. The Kier molecular flexibility index (Phi) is 3.44. The van der Waals surface area contributed by atoms with Gasteiger partial charge in [-0.3, -0.25) is 0 Å². The lowest BCUT2D eigenvalue weighted by Crippen LogP contribution is -1.84. The first kappa shape index (κ1) is 7.95. The van der Waals surface area contributed by atoms with Gasteiger partial charge in [0, 0.05) is 5.57 Å². The Labute approximate surface area is 55.6 Å². The monoisotopic (exact) mass is 125 g/mol. The van der Waals surface area contributed by atoms with Gasteiger partial charge >= 0.3 is 0 Å². The number of nitrogens with zero attached hydrogens (tertiary/aromatic N) is 1. The molecule has 0 heterocycles. The van der Waals surface area contributed by atoms with Crippen LogP contribution in [0.15, 0.2) is 29.1 Å². The van der Waals surface area contributed by atoms with Crippen molar-refractivity contribution >= 4 is 6.72 Å². The van der Waals surface area contributed by atoms with Crippen LogP contribution in [0.4, 0.5) is 0 Å². The second-order valence-corrected chi connectivity index (χ2v) is 1.55. The Balaban J connectivity index is 4.36. The van der Waals surface area contributed by atoms with Gasteiger partial charge in [0.25, 0.3) is 0 Å². The Morgan fingerprint density at radius 2 is 2.22 bits per heavy atom. The van der Waals surface area contributed by atoms with E-state index in [1.54, 1.807) is 13.2 Å². The second kappa shape index (κ2) is 3.89. The molecule has 50 valence electrons. The predicted octanol–water partition coefficient (Wildman–Crippen LogP) is 1.75. The van der Waals surface area contributed by atoms with Gasteiger partial charge in [0.05, 0.1) is 7.11 Å². The zero-order chi connectivity index (χ0) is 7.28. The van der Waals surface area contributed by atoms with Crippen LogP contribution in [0.5, 0.6) is 0 Å². The quantitative estimate of drug-likeness (QED) is 0.320. The maximum absolute atomic E-state index is 4.83. The van der Waals surface area contributed by atoms with Crippen LogP contribution >= 0.6 is 0 Å². The summed E-state index contributed by atoms with van der Waals surface area (Å²) >= 11 is 0. The molecule has 0 N–H and O–H groups in total. The molecule has 0 aromatic heterocycles. The molecule has 0 bridgehead atoms. The fourth-order valence-electron chi connectivity index (χ4n) is 0.438. The van der Waals surface area contributed by atoms with Crippen LogP contribution in [0.3, 0.4) is 0 Å². The lowest BCUT2D eigenvalue weighted by atomic mass is 10.3. The van der Waals surface area contributed by atoms with Gasteiger partial charge in [0.1, 0.15) is 0 Å². The minimum Gasteiger partial charge on any atom is -0.481 e. The summed E-state index contributed by atoms with van der Waals surface area (Å²) in [5.74, 6) is 0.532. The molecule has 0 aromatic rings. The Hall–Kier alpha value is -1.05. The number of allylic oxidation sites excluding steroid dienone is 2. The molecule has 0 aliphatic rings. The van der Waals surface area contributed by atoms with Crippen LogP contribution in [0, 0.1) is 0 Å². The molecule has 0 radical (unpaired) electrons. The van der Waals surface area contributed by atoms with E-state index in [4.69, 9.17) is 4.74 Å². The standard InChI is InChI=1S/C7H11NO/c1-5-6(2)7(8-3)9-4/h5H,1,3H2,2,4H3. The van der Waals surface area contributed by atoms with E-state index in [1.807, 2.05) is 6.92 Å². The van der Waals surface area contributed by atoms with E-state index in [0.29, 0.717) is 5.88 Å². The van der Waals surface area contributed by atoms with Gasteiger partial charge < -0.3 is 4.74 Å². The third-order valence-electron chi connectivity index (χ3n) is 0.980. The summed E-state index contributed by atoms with van der Waals surface area (Å²) in [5.41, 5.74) is 0.896. The molecular weight excluding hydrogens is 114 g/mol. The molecule has 0 aliphatic heterocycles. The van der Waals surface area contributed by atoms with Crippen molar-refractivity contribution < 1.29 is 4.74 Å². The average molecular weight is 125 g/mol. The zero-order valence-electron chi connectivity index (χ0n) is 5.85. The largest absolute Gasteiger partial charge is 0.481 e. The average Bonchev–Trinajstić information content (AvgIpc) is 1.90. The number of methoxy groups -OCH3 is 1. The Morgan fingerprint density at radius 1 is 1.67 bits per heavy atom. The van der Waals surface area contributed by atoms with Crippen molar-refractivity contribution in [1.82, 2.24) is 0 Å². The fraction of sp³-hybridized carbons (Fsp3) is 0.286. The molecule has 0 aliphatic carbocycles.